The maximum absolute atomic E-state index is 11.9. The third-order valence-electron chi connectivity index (χ3n) is 3.35. The van der Waals surface area contributed by atoms with Gasteiger partial charge in [0.1, 0.15) is 17.6 Å². The first-order valence-corrected chi connectivity index (χ1v) is 8.47. The zero-order valence-electron chi connectivity index (χ0n) is 13.2. The maximum atomic E-state index is 11.9. The van der Waals surface area contributed by atoms with Crippen molar-refractivity contribution in [1.82, 2.24) is 5.32 Å². The number of nitriles is 1. The number of anilines is 1. The fourth-order valence-electron chi connectivity index (χ4n) is 2.14. The van der Waals surface area contributed by atoms with E-state index in [9.17, 15) is 4.79 Å². The van der Waals surface area contributed by atoms with Gasteiger partial charge in [-0.15, -0.1) is 11.3 Å². The number of benzene rings is 2. The van der Waals surface area contributed by atoms with Crippen molar-refractivity contribution in [2.45, 2.75) is 6.54 Å². The van der Waals surface area contributed by atoms with Crippen LogP contribution in [-0.2, 0) is 6.54 Å². The van der Waals surface area contributed by atoms with E-state index in [0.29, 0.717) is 29.3 Å². The van der Waals surface area contributed by atoms with Gasteiger partial charge in [0.25, 0.3) is 0 Å². The van der Waals surface area contributed by atoms with E-state index >= 15 is 0 Å². The van der Waals surface area contributed by atoms with Crippen LogP contribution in [0.15, 0.2) is 66.0 Å². The number of carbonyl (C=O) groups is 1. The summed E-state index contributed by atoms with van der Waals surface area (Å²) in [5.74, 6) is 1.09. The molecule has 2 amide bonds. The minimum absolute atomic E-state index is 0.267. The Labute approximate surface area is 149 Å². The molecule has 3 aromatic rings. The van der Waals surface area contributed by atoms with Crippen molar-refractivity contribution in [3.63, 3.8) is 0 Å². The molecule has 0 fully saturated rings. The number of hydrogen-bond acceptors (Lipinski definition) is 4. The Kier molecular flexibility index (Phi) is 5.29. The molecule has 0 spiro atoms. The Morgan fingerprint density at radius 2 is 1.88 bits per heavy atom. The first-order valence-electron chi connectivity index (χ1n) is 7.59. The lowest BCUT2D eigenvalue weighted by atomic mass is 10.2. The van der Waals surface area contributed by atoms with Gasteiger partial charge in [-0.05, 0) is 47.8 Å². The number of nitrogens with zero attached hydrogens (tertiary/aromatic N) is 1. The molecular formula is C19H15N3O2S. The lowest BCUT2D eigenvalue weighted by Gasteiger charge is -2.09. The molecule has 0 bridgehead atoms. The summed E-state index contributed by atoms with van der Waals surface area (Å²) in [6.45, 7) is 0.496. The average molecular weight is 349 g/mol. The van der Waals surface area contributed by atoms with Crippen molar-refractivity contribution in [2.24, 2.45) is 0 Å². The van der Waals surface area contributed by atoms with Crippen LogP contribution in [0.1, 0.15) is 10.4 Å². The molecule has 0 saturated heterocycles. The van der Waals surface area contributed by atoms with Gasteiger partial charge in [-0.25, -0.2) is 4.79 Å². The van der Waals surface area contributed by atoms with Crippen molar-refractivity contribution >= 4 is 23.1 Å². The van der Waals surface area contributed by atoms with E-state index in [1.54, 1.807) is 53.8 Å². The number of thiophene rings is 1. The van der Waals surface area contributed by atoms with E-state index in [0.717, 1.165) is 4.88 Å². The van der Waals surface area contributed by atoms with Crippen molar-refractivity contribution in [2.75, 3.05) is 5.32 Å². The Morgan fingerprint density at radius 3 is 2.60 bits per heavy atom. The van der Waals surface area contributed by atoms with Crippen LogP contribution in [0.5, 0.6) is 11.5 Å². The number of para-hydroxylation sites is 1. The van der Waals surface area contributed by atoms with Crippen LogP contribution in [-0.4, -0.2) is 6.03 Å². The van der Waals surface area contributed by atoms with E-state index < -0.39 is 0 Å². The van der Waals surface area contributed by atoms with Crippen LogP contribution in [0.3, 0.4) is 0 Å². The highest BCUT2D eigenvalue weighted by atomic mass is 32.1. The van der Waals surface area contributed by atoms with Gasteiger partial charge in [-0.1, -0.05) is 18.2 Å². The highest BCUT2D eigenvalue weighted by Gasteiger charge is 2.05. The second-order valence-electron chi connectivity index (χ2n) is 5.12. The van der Waals surface area contributed by atoms with Crippen molar-refractivity contribution in [3.8, 4) is 17.6 Å². The molecule has 0 saturated carbocycles. The molecule has 3 rings (SSSR count). The zero-order valence-corrected chi connectivity index (χ0v) is 14.0. The highest BCUT2D eigenvalue weighted by molar-refractivity contribution is 7.09. The molecular weight excluding hydrogens is 334 g/mol. The third kappa shape index (κ3) is 4.59. The molecule has 5 nitrogen and oxygen atoms in total. The van der Waals surface area contributed by atoms with Gasteiger partial charge in [0, 0.05) is 10.6 Å². The lowest BCUT2D eigenvalue weighted by molar-refractivity contribution is 0.252. The van der Waals surface area contributed by atoms with E-state index in [4.69, 9.17) is 10.00 Å². The highest BCUT2D eigenvalue weighted by Crippen LogP contribution is 2.25. The van der Waals surface area contributed by atoms with Gasteiger partial charge in [-0.2, -0.15) is 5.26 Å². The predicted octanol–water partition coefficient (Wildman–Crippen LogP) is 4.73. The first kappa shape index (κ1) is 16.6. The van der Waals surface area contributed by atoms with Crippen LogP contribution >= 0.6 is 11.3 Å². The lowest BCUT2D eigenvalue weighted by Crippen LogP contribution is -2.27. The Bertz CT molecular complexity index is 884. The summed E-state index contributed by atoms with van der Waals surface area (Å²) >= 11 is 1.60. The molecule has 2 N–H and O–H groups in total. The SMILES string of the molecule is N#Cc1ccccc1Oc1ccc(NC(=O)NCc2cccs2)cc1. The number of hydrogen-bond donors (Lipinski definition) is 2. The van der Waals surface area contributed by atoms with E-state index in [1.807, 2.05) is 23.6 Å². The molecule has 0 aliphatic heterocycles. The second-order valence-corrected chi connectivity index (χ2v) is 6.15. The minimum Gasteiger partial charge on any atom is -0.456 e. The molecule has 0 atom stereocenters. The molecule has 0 unspecified atom stereocenters. The standard InChI is InChI=1S/C19H15N3O2S/c20-12-14-4-1-2-6-18(14)24-16-9-7-15(8-10-16)22-19(23)21-13-17-5-3-11-25-17/h1-11H,13H2,(H2,21,22,23). The molecule has 0 radical (unpaired) electrons. The van der Waals surface area contributed by atoms with Crippen molar-refractivity contribution in [3.05, 3.63) is 76.5 Å². The van der Waals surface area contributed by atoms with Gasteiger partial charge in [0.2, 0.25) is 0 Å². The van der Waals surface area contributed by atoms with Crippen LogP contribution in [0, 0.1) is 11.3 Å². The average Bonchev–Trinajstić information content (AvgIpc) is 3.16. The summed E-state index contributed by atoms with van der Waals surface area (Å²) in [5.41, 5.74) is 1.13. The van der Waals surface area contributed by atoms with Gasteiger partial charge >= 0.3 is 6.03 Å². The topological polar surface area (TPSA) is 74.1 Å². The van der Waals surface area contributed by atoms with Gasteiger partial charge in [-0.3, -0.25) is 0 Å². The molecule has 0 aliphatic rings. The molecule has 1 aromatic heterocycles. The van der Waals surface area contributed by atoms with Crippen molar-refractivity contribution in [1.29, 1.82) is 5.26 Å². The number of ether oxygens (including phenoxy) is 1. The fourth-order valence-corrected chi connectivity index (χ4v) is 2.78. The summed E-state index contributed by atoms with van der Waals surface area (Å²) < 4.78 is 5.71. The number of nitrogens with one attached hydrogen (secondary N) is 2. The Hall–Kier alpha value is -3.30. The number of carbonyl (C=O) groups excluding carboxylic acids is 1. The summed E-state index contributed by atoms with van der Waals surface area (Å²) in [7, 11) is 0. The Morgan fingerprint density at radius 1 is 1.08 bits per heavy atom. The molecule has 124 valence electrons. The largest absolute Gasteiger partial charge is 0.456 e. The monoisotopic (exact) mass is 349 g/mol. The predicted molar refractivity (Wildman–Crippen MR) is 97.9 cm³/mol. The summed E-state index contributed by atoms with van der Waals surface area (Å²) in [4.78, 5) is 13.0. The number of urea groups is 1. The third-order valence-corrected chi connectivity index (χ3v) is 4.23. The normalized spacial score (nSPS) is 9.88. The van der Waals surface area contributed by atoms with E-state index in [-0.39, 0.29) is 6.03 Å². The van der Waals surface area contributed by atoms with Gasteiger partial charge in [0.15, 0.2) is 0 Å². The maximum Gasteiger partial charge on any atom is 0.319 e. The summed E-state index contributed by atoms with van der Waals surface area (Å²) in [6, 6.07) is 19.7. The molecule has 1 heterocycles. The summed E-state index contributed by atoms with van der Waals surface area (Å²) in [5, 5.41) is 16.6. The molecule has 2 aromatic carbocycles. The van der Waals surface area contributed by atoms with Gasteiger partial charge in [0.05, 0.1) is 12.1 Å². The fraction of sp³-hybridized carbons (Fsp3) is 0.0526. The number of amides is 2. The Balaban J connectivity index is 1.56. The molecule has 25 heavy (non-hydrogen) atoms. The first-order chi connectivity index (χ1) is 12.2. The number of rotatable bonds is 5. The quantitative estimate of drug-likeness (QED) is 0.699. The van der Waals surface area contributed by atoms with Crippen molar-refractivity contribution < 1.29 is 9.53 Å². The van der Waals surface area contributed by atoms with Crippen LogP contribution in [0.2, 0.25) is 0 Å². The van der Waals surface area contributed by atoms with Crippen LogP contribution < -0.4 is 15.4 Å². The van der Waals surface area contributed by atoms with Crippen LogP contribution in [0.25, 0.3) is 0 Å². The summed E-state index contributed by atoms with van der Waals surface area (Å²) in [6.07, 6.45) is 0. The zero-order chi connectivity index (χ0) is 17.5. The minimum atomic E-state index is -0.267. The smallest absolute Gasteiger partial charge is 0.319 e. The van der Waals surface area contributed by atoms with E-state index in [2.05, 4.69) is 16.7 Å². The molecule has 6 heteroatoms. The van der Waals surface area contributed by atoms with E-state index in [1.165, 1.54) is 0 Å². The second kappa shape index (κ2) is 7.99. The van der Waals surface area contributed by atoms with Gasteiger partial charge < -0.3 is 15.4 Å². The molecule has 0 aliphatic carbocycles. The van der Waals surface area contributed by atoms with Crippen LogP contribution in [0.4, 0.5) is 10.5 Å².